The van der Waals surface area contributed by atoms with Crippen LogP contribution in [-0.4, -0.2) is 0 Å². The monoisotopic (exact) mass is 1160 g/mol. The molecule has 0 fully saturated rings. The van der Waals surface area contributed by atoms with E-state index in [1.54, 1.807) is 0 Å². The van der Waals surface area contributed by atoms with Gasteiger partial charge in [-0.1, -0.05) is 243 Å². The van der Waals surface area contributed by atoms with Crippen molar-refractivity contribution < 1.29 is 0 Å². The van der Waals surface area contributed by atoms with Crippen molar-refractivity contribution in [1.29, 1.82) is 0 Å². The van der Waals surface area contributed by atoms with Gasteiger partial charge in [-0.05, 0) is 242 Å². The Balaban J connectivity index is 0.000000249. The fourth-order valence-corrected chi connectivity index (χ4v) is 12.7. The van der Waals surface area contributed by atoms with Crippen molar-refractivity contribution in [2.45, 2.75) is 227 Å². The van der Waals surface area contributed by atoms with E-state index in [0.29, 0.717) is 0 Å². The molecule has 0 aliphatic heterocycles. The molecule has 87 heavy (non-hydrogen) atoms. The van der Waals surface area contributed by atoms with Crippen molar-refractivity contribution in [3.63, 3.8) is 0 Å². The maximum atomic E-state index is 5.82. The highest BCUT2D eigenvalue weighted by Crippen LogP contribution is 2.24. The molecule has 8 rings (SSSR count). The molecule has 8 aromatic rings. The van der Waals surface area contributed by atoms with Gasteiger partial charge in [0, 0.05) is 22.7 Å². The Morgan fingerprint density at radius 2 is 0.333 bits per heavy atom. The number of nitrogens with two attached hydrogens (primary N) is 4. The zero-order chi connectivity index (χ0) is 61.3. The molecule has 0 spiro atoms. The van der Waals surface area contributed by atoms with Gasteiger partial charge in [-0.15, -0.1) is 0 Å². The molecule has 0 aromatic heterocycles. The van der Waals surface area contributed by atoms with Gasteiger partial charge in [0.1, 0.15) is 0 Å². The highest BCUT2D eigenvalue weighted by atomic mass is 14.5. The number of hydrogen-bond donors (Lipinski definition) is 4. The summed E-state index contributed by atoms with van der Waals surface area (Å²) in [6.07, 6.45) is 40.4. The molecular weight excluding hydrogens is 1050 g/mol. The quantitative estimate of drug-likeness (QED) is 0.0230. The number of unbranched alkanes of at least 4 members (excludes halogenated alkanes) is 21. The van der Waals surface area contributed by atoms with Crippen LogP contribution in [0.25, 0.3) is 0 Å². The van der Waals surface area contributed by atoms with Gasteiger partial charge in [0.15, 0.2) is 0 Å². The SMILES string of the molecule is Cc1cc(Cc2ccc(N)cc2)ccc1CCCCCCCCCCCCCCc1ccc(Cc2ccc(N)cc2)cc1C.Cc1cc(Cc2ccc(N)cc2)ccc1CCCCCCCCCCCCCc1ccc(Cc2ccc(N)cc2)cc1C. The van der Waals surface area contributed by atoms with Crippen molar-refractivity contribution in [2.75, 3.05) is 22.9 Å². The van der Waals surface area contributed by atoms with E-state index >= 15 is 0 Å². The Labute approximate surface area is 528 Å². The molecule has 0 atom stereocenters. The molecule has 0 saturated heterocycles. The fraction of sp³-hybridized carbons (Fsp3) is 0.422. The molecule has 0 amide bonds. The number of aryl methyl sites for hydroxylation is 8. The van der Waals surface area contributed by atoms with Crippen LogP contribution in [-0.2, 0) is 51.4 Å². The highest BCUT2D eigenvalue weighted by Gasteiger charge is 2.08. The van der Waals surface area contributed by atoms with E-state index in [9.17, 15) is 0 Å². The van der Waals surface area contributed by atoms with Crippen LogP contribution in [0.15, 0.2) is 170 Å². The minimum absolute atomic E-state index is 0.831. The summed E-state index contributed by atoms with van der Waals surface area (Å²) in [4.78, 5) is 0. The number of rotatable bonds is 37. The van der Waals surface area contributed by atoms with E-state index in [-0.39, 0.29) is 0 Å². The number of hydrogen-bond acceptors (Lipinski definition) is 4. The summed E-state index contributed by atoms with van der Waals surface area (Å²) in [6.45, 7) is 9.08. The molecule has 0 heterocycles. The van der Waals surface area contributed by atoms with Crippen LogP contribution >= 0.6 is 0 Å². The number of nitrogen functional groups attached to an aromatic ring is 4. The van der Waals surface area contributed by atoms with Gasteiger partial charge >= 0.3 is 0 Å². The van der Waals surface area contributed by atoms with E-state index in [1.807, 2.05) is 48.5 Å². The lowest BCUT2D eigenvalue weighted by Crippen LogP contribution is -1.95. The summed E-state index contributed by atoms with van der Waals surface area (Å²) in [7, 11) is 0. The second-order valence-corrected chi connectivity index (χ2v) is 25.8. The molecule has 0 aliphatic rings. The topological polar surface area (TPSA) is 104 Å². The van der Waals surface area contributed by atoms with Gasteiger partial charge in [0.2, 0.25) is 0 Å². The number of benzene rings is 8. The van der Waals surface area contributed by atoms with Gasteiger partial charge in [0.25, 0.3) is 0 Å². The molecule has 4 nitrogen and oxygen atoms in total. The summed E-state index contributed by atoms with van der Waals surface area (Å²) in [5.74, 6) is 0. The fourth-order valence-electron chi connectivity index (χ4n) is 12.7. The van der Waals surface area contributed by atoms with Gasteiger partial charge < -0.3 is 22.9 Å². The average Bonchev–Trinajstić information content (AvgIpc) is 3.70. The van der Waals surface area contributed by atoms with E-state index in [4.69, 9.17) is 22.9 Å². The third kappa shape index (κ3) is 26.1. The third-order valence-corrected chi connectivity index (χ3v) is 18.2. The average molecular weight is 1160 g/mol. The lowest BCUT2D eigenvalue weighted by Gasteiger charge is -2.10. The molecule has 0 unspecified atom stereocenters. The van der Waals surface area contributed by atoms with Crippen LogP contribution in [0.4, 0.5) is 22.7 Å². The van der Waals surface area contributed by atoms with Crippen molar-refractivity contribution >= 4 is 22.7 Å². The van der Waals surface area contributed by atoms with E-state index < -0.39 is 0 Å². The largest absolute Gasteiger partial charge is 0.399 e. The first-order valence-corrected chi connectivity index (χ1v) is 34.1. The van der Waals surface area contributed by atoms with Crippen LogP contribution in [0.2, 0.25) is 0 Å². The minimum atomic E-state index is 0.831. The van der Waals surface area contributed by atoms with Gasteiger partial charge in [-0.3, -0.25) is 0 Å². The first kappa shape index (κ1) is 67.5. The molecular formula is C83H110N4. The second-order valence-electron chi connectivity index (χ2n) is 25.8. The normalized spacial score (nSPS) is 11.2. The zero-order valence-electron chi connectivity index (χ0n) is 54.4. The lowest BCUT2D eigenvalue weighted by molar-refractivity contribution is 0.540. The summed E-state index contributed by atoms with van der Waals surface area (Å²) in [6, 6.07) is 61.1. The maximum absolute atomic E-state index is 5.82. The molecule has 0 saturated carbocycles. The van der Waals surface area contributed by atoms with Gasteiger partial charge in [0.05, 0.1) is 0 Å². The van der Waals surface area contributed by atoms with E-state index in [0.717, 1.165) is 48.4 Å². The Morgan fingerprint density at radius 1 is 0.184 bits per heavy atom. The smallest absolute Gasteiger partial charge is 0.0314 e. The van der Waals surface area contributed by atoms with Crippen LogP contribution < -0.4 is 22.9 Å². The maximum Gasteiger partial charge on any atom is 0.0314 e. The van der Waals surface area contributed by atoms with Crippen LogP contribution in [0, 0.1) is 27.7 Å². The van der Waals surface area contributed by atoms with Crippen molar-refractivity contribution in [3.8, 4) is 0 Å². The Morgan fingerprint density at radius 3 is 0.494 bits per heavy atom. The molecule has 4 heteroatoms. The minimum Gasteiger partial charge on any atom is -0.399 e. The zero-order valence-corrected chi connectivity index (χ0v) is 54.4. The summed E-state index contributed by atoms with van der Waals surface area (Å²) in [5.41, 5.74) is 49.3. The van der Waals surface area contributed by atoms with Crippen molar-refractivity contribution in [2.24, 2.45) is 0 Å². The Kier molecular flexibility index (Phi) is 29.7. The van der Waals surface area contributed by atoms with E-state index in [2.05, 4.69) is 149 Å². The van der Waals surface area contributed by atoms with Crippen LogP contribution in [0.1, 0.15) is 237 Å². The summed E-state index contributed by atoms with van der Waals surface area (Å²) >= 11 is 0. The van der Waals surface area contributed by atoms with E-state index in [1.165, 1.54) is 262 Å². The first-order chi connectivity index (χ1) is 42.4. The van der Waals surface area contributed by atoms with Crippen molar-refractivity contribution in [1.82, 2.24) is 0 Å². The molecule has 0 aliphatic carbocycles. The molecule has 462 valence electrons. The molecule has 8 aromatic carbocycles. The third-order valence-electron chi connectivity index (χ3n) is 18.2. The first-order valence-electron chi connectivity index (χ1n) is 34.1. The lowest BCUT2D eigenvalue weighted by atomic mass is 9.96. The van der Waals surface area contributed by atoms with Crippen molar-refractivity contribution in [3.05, 3.63) is 259 Å². The van der Waals surface area contributed by atoms with Crippen LogP contribution in [0.3, 0.4) is 0 Å². The standard InChI is InChI=1S/C42H56N2.C41H54N2/c1-33-29-37(31-35-19-25-41(43)26-20-35)17-23-39(33)15-13-11-9-7-5-3-4-6-8-10-12-14-16-40-24-18-38(30-34(40)2)32-36-21-27-42(44)28-22-36;1-32-28-36(30-34-18-24-40(42)25-19-34)16-22-38(32)14-12-10-8-6-4-3-5-7-9-11-13-15-39-23-17-37(29-33(39)2)31-35-20-26-41(43)27-21-35/h17-30H,3-16,31-32,43-44H2,1-2H3;16-29H,3-15,30-31,42-43H2,1-2H3. The summed E-state index contributed by atoms with van der Waals surface area (Å²) < 4.78 is 0. The predicted octanol–water partition coefficient (Wildman–Crippen LogP) is 21.8. The molecule has 0 radical (unpaired) electrons. The highest BCUT2D eigenvalue weighted by molar-refractivity contribution is 5.45. The summed E-state index contributed by atoms with van der Waals surface area (Å²) in [5, 5.41) is 0. The Hall–Kier alpha value is -7.04. The van der Waals surface area contributed by atoms with Crippen LogP contribution in [0.5, 0.6) is 0 Å². The number of anilines is 4. The van der Waals surface area contributed by atoms with Gasteiger partial charge in [-0.25, -0.2) is 0 Å². The predicted molar refractivity (Wildman–Crippen MR) is 380 cm³/mol. The second kappa shape index (κ2) is 38.3. The van der Waals surface area contributed by atoms with Gasteiger partial charge in [-0.2, -0.15) is 0 Å². The molecule has 0 bridgehead atoms. The Bertz CT molecular complexity index is 2970. The molecule has 8 N–H and O–H groups in total.